The Morgan fingerprint density at radius 2 is 1.72 bits per heavy atom. The molecule has 0 bridgehead atoms. The molecule has 100 valence electrons. The van der Waals surface area contributed by atoms with Gasteiger partial charge in [0.15, 0.2) is 5.78 Å². The van der Waals surface area contributed by atoms with Crippen LogP contribution in [0.4, 0.5) is 0 Å². The van der Waals surface area contributed by atoms with Crippen molar-refractivity contribution in [3.8, 4) is 11.5 Å². The molecule has 1 atom stereocenters. The third-order valence-electron chi connectivity index (χ3n) is 2.99. The number of methoxy groups -OCH3 is 2. The lowest BCUT2D eigenvalue weighted by atomic mass is 9.96. The van der Waals surface area contributed by atoms with Crippen molar-refractivity contribution < 1.29 is 14.3 Å². The third-order valence-corrected chi connectivity index (χ3v) is 2.99. The average Bonchev–Trinajstić information content (AvgIpc) is 2.38. The highest BCUT2D eigenvalue weighted by Gasteiger charge is 2.13. The summed E-state index contributed by atoms with van der Waals surface area (Å²) in [5, 5.41) is 0. The molecule has 0 saturated carbocycles. The van der Waals surface area contributed by atoms with Gasteiger partial charge in [-0.3, -0.25) is 4.79 Å². The van der Waals surface area contributed by atoms with Gasteiger partial charge in [-0.05, 0) is 18.1 Å². The zero-order valence-corrected chi connectivity index (χ0v) is 11.7. The number of rotatable bonds is 7. The van der Waals surface area contributed by atoms with Gasteiger partial charge in [0, 0.05) is 18.1 Å². The Bertz CT molecular complexity index is 376. The van der Waals surface area contributed by atoms with Gasteiger partial charge in [-0.2, -0.15) is 0 Å². The summed E-state index contributed by atoms with van der Waals surface area (Å²) in [5.41, 5.74) is 0.661. The Balaban J connectivity index is 2.84. The van der Waals surface area contributed by atoms with Crippen LogP contribution in [0.25, 0.3) is 0 Å². The summed E-state index contributed by atoms with van der Waals surface area (Å²) >= 11 is 0. The maximum absolute atomic E-state index is 12.2. The van der Waals surface area contributed by atoms with Crippen molar-refractivity contribution >= 4 is 5.78 Å². The highest BCUT2D eigenvalue weighted by atomic mass is 16.5. The van der Waals surface area contributed by atoms with Crippen LogP contribution in [0.2, 0.25) is 0 Å². The van der Waals surface area contributed by atoms with E-state index in [2.05, 4.69) is 13.8 Å². The summed E-state index contributed by atoms with van der Waals surface area (Å²) in [4.78, 5) is 12.2. The quantitative estimate of drug-likeness (QED) is 0.692. The minimum atomic E-state index is 0.146. The molecule has 0 aliphatic heterocycles. The van der Waals surface area contributed by atoms with E-state index in [-0.39, 0.29) is 5.78 Å². The Kier molecular flexibility index (Phi) is 5.69. The number of hydrogen-bond acceptors (Lipinski definition) is 3. The molecular formula is C15H22O3. The molecule has 1 aromatic carbocycles. The molecule has 0 aliphatic carbocycles. The molecule has 0 fully saturated rings. The number of carbonyl (C=O) groups excluding carboxylic acids is 1. The summed E-state index contributed by atoms with van der Waals surface area (Å²) in [6.07, 6.45) is 2.76. The fourth-order valence-corrected chi connectivity index (χ4v) is 2.00. The van der Waals surface area contributed by atoms with Gasteiger partial charge in [0.2, 0.25) is 0 Å². The van der Waals surface area contributed by atoms with Gasteiger partial charge in [0.25, 0.3) is 0 Å². The van der Waals surface area contributed by atoms with Crippen molar-refractivity contribution in [3.63, 3.8) is 0 Å². The van der Waals surface area contributed by atoms with Gasteiger partial charge in [-0.15, -0.1) is 0 Å². The number of carbonyl (C=O) groups is 1. The molecule has 0 heterocycles. The van der Waals surface area contributed by atoms with Crippen LogP contribution in [-0.4, -0.2) is 20.0 Å². The fourth-order valence-electron chi connectivity index (χ4n) is 2.00. The lowest BCUT2D eigenvalue weighted by molar-refractivity contribution is 0.0962. The molecule has 0 radical (unpaired) electrons. The number of ketones is 1. The summed E-state index contributed by atoms with van der Waals surface area (Å²) in [7, 11) is 3.17. The van der Waals surface area contributed by atoms with Gasteiger partial charge in [0.05, 0.1) is 14.2 Å². The van der Waals surface area contributed by atoms with E-state index >= 15 is 0 Å². The Hall–Kier alpha value is -1.51. The van der Waals surface area contributed by atoms with Crippen LogP contribution in [-0.2, 0) is 0 Å². The first-order valence-corrected chi connectivity index (χ1v) is 6.37. The molecule has 0 saturated heterocycles. The van der Waals surface area contributed by atoms with Crippen LogP contribution in [0, 0.1) is 5.92 Å². The molecular weight excluding hydrogens is 228 g/mol. The summed E-state index contributed by atoms with van der Waals surface area (Å²) in [6, 6.07) is 5.30. The van der Waals surface area contributed by atoms with Gasteiger partial charge >= 0.3 is 0 Å². The molecule has 0 spiro atoms. The first kappa shape index (κ1) is 14.6. The van der Waals surface area contributed by atoms with E-state index in [9.17, 15) is 4.79 Å². The molecule has 3 nitrogen and oxygen atoms in total. The SMILES string of the molecule is CCCC(C)CC(=O)c1cc(OC)cc(OC)c1. The molecule has 0 amide bonds. The van der Waals surface area contributed by atoms with Crippen molar-refractivity contribution in [2.75, 3.05) is 14.2 Å². The van der Waals surface area contributed by atoms with Crippen LogP contribution in [0.1, 0.15) is 43.5 Å². The second-order valence-corrected chi connectivity index (χ2v) is 4.62. The molecule has 18 heavy (non-hydrogen) atoms. The second kappa shape index (κ2) is 7.04. The summed E-state index contributed by atoms with van der Waals surface area (Å²) < 4.78 is 10.3. The zero-order chi connectivity index (χ0) is 13.5. The summed E-state index contributed by atoms with van der Waals surface area (Å²) in [6.45, 7) is 4.24. The largest absolute Gasteiger partial charge is 0.497 e. The smallest absolute Gasteiger partial charge is 0.163 e. The minimum absolute atomic E-state index is 0.146. The predicted molar refractivity (Wildman–Crippen MR) is 72.6 cm³/mol. The molecule has 1 aromatic rings. The molecule has 0 N–H and O–H groups in total. The topological polar surface area (TPSA) is 35.5 Å². The van der Waals surface area contributed by atoms with E-state index < -0.39 is 0 Å². The highest BCUT2D eigenvalue weighted by Crippen LogP contribution is 2.24. The Morgan fingerprint density at radius 3 is 2.17 bits per heavy atom. The third kappa shape index (κ3) is 4.06. The van der Waals surface area contributed by atoms with Crippen LogP contribution in [0.15, 0.2) is 18.2 Å². The normalized spacial score (nSPS) is 12.0. The lowest BCUT2D eigenvalue weighted by Gasteiger charge is -2.11. The molecule has 1 rings (SSSR count). The Morgan fingerprint density at radius 1 is 1.17 bits per heavy atom. The monoisotopic (exact) mass is 250 g/mol. The standard InChI is InChI=1S/C15H22O3/c1-5-6-11(2)7-15(16)12-8-13(17-3)10-14(9-12)18-4/h8-11H,5-7H2,1-4H3. The lowest BCUT2D eigenvalue weighted by Crippen LogP contribution is -2.06. The first-order valence-electron chi connectivity index (χ1n) is 6.37. The number of hydrogen-bond donors (Lipinski definition) is 0. The predicted octanol–water partition coefficient (Wildman–Crippen LogP) is 3.71. The fraction of sp³-hybridized carbons (Fsp3) is 0.533. The number of ether oxygens (including phenoxy) is 2. The van der Waals surface area contributed by atoms with E-state index in [0.717, 1.165) is 12.8 Å². The van der Waals surface area contributed by atoms with Gasteiger partial charge in [-0.1, -0.05) is 26.7 Å². The average molecular weight is 250 g/mol. The van der Waals surface area contributed by atoms with Gasteiger partial charge < -0.3 is 9.47 Å². The molecule has 0 aromatic heterocycles. The summed E-state index contributed by atoms with van der Waals surface area (Å²) in [5.74, 6) is 1.87. The molecule has 3 heteroatoms. The van der Waals surface area contributed by atoms with Crippen LogP contribution in [0.5, 0.6) is 11.5 Å². The van der Waals surface area contributed by atoms with E-state index in [1.807, 2.05) is 0 Å². The van der Waals surface area contributed by atoms with Gasteiger partial charge in [-0.25, -0.2) is 0 Å². The van der Waals surface area contributed by atoms with E-state index in [1.54, 1.807) is 32.4 Å². The van der Waals surface area contributed by atoms with E-state index in [0.29, 0.717) is 29.4 Å². The Labute approximate surface area is 109 Å². The van der Waals surface area contributed by atoms with E-state index in [1.165, 1.54) is 0 Å². The number of Topliss-reactive ketones (excluding diaryl/α,β-unsaturated/α-hetero) is 1. The van der Waals surface area contributed by atoms with Crippen molar-refractivity contribution in [2.45, 2.75) is 33.1 Å². The van der Waals surface area contributed by atoms with E-state index in [4.69, 9.17) is 9.47 Å². The maximum Gasteiger partial charge on any atom is 0.163 e. The van der Waals surface area contributed by atoms with Crippen LogP contribution >= 0.6 is 0 Å². The van der Waals surface area contributed by atoms with Crippen LogP contribution < -0.4 is 9.47 Å². The van der Waals surface area contributed by atoms with Crippen LogP contribution in [0.3, 0.4) is 0 Å². The number of benzene rings is 1. The maximum atomic E-state index is 12.2. The van der Waals surface area contributed by atoms with Crippen molar-refractivity contribution in [1.29, 1.82) is 0 Å². The molecule has 1 unspecified atom stereocenters. The van der Waals surface area contributed by atoms with Crippen molar-refractivity contribution in [2.24, 2.45) is 5.92 Å². The highest BCUT2D eigenvalue weighted by molar-refractivity contribution is 5.97. The van der Waals surface area contributed by atoms with Gasteiger partial charge in [0.1, 0.15) is 11.5 Å². The van der Waals surface area contributed by atoms with Crippen molar-refractivity contribution in [1.82, 2.24) is 0 Å². The second-order valence-electron chi connectivity index (χ2n) is 4.62. The zero-order valence-electron chi connectivity index (χ0n) is 11.7. The minimum Gasteiger partial charge on any atom is -0.497 e. The first-order chi connectivity index (χ1) is 8.60. The van der Waals surface area contributed by atoms with Crippen molar-refractivity contribution in [3.05, 3.63) is 23.8 Å². The molecule has 0 aliphatic rings.